The number of aromatic nitrogens is 6. The molecular weight excluding hydrogens is 849 g/mol. The average Bonchev–Trinajstić information content (AvgIpc) is 3.80. The van der Waals surface area contributed by atoms with Crippen LogP contribution in [0.2, 0.25) is 0 Å². The first kappa shape index (κ1) is 47.2. The van der Waals surface area contributed by atoms with Crippen LogP contribution in [0.4, 0.5) is 11.4 Å². The van der Waals surface area contributed by atoms with Crippen LogP contribution in [0.3, 0.4) is 0 Å². The zero-order valence-electron chi connectivity index (χ0n) is 38.8. The third kappa shape index (κ3) is 10.8. The molecule has 12 nitrogen and oxygen atoms in total. The Kier molecular flexibility index (Phi) is 14.6. The molecule has 3 heterocycles. The molecule has 0 bridgehead atoms. The van der Waals surface area contributed by atoms with Crippen LogP contribution in [0.15, 0.2) is 121 Å². The molecule has 0 unspecified atom stereocenters. The number of para-hydroxylation sites is 2. The molecule has 0 atom stereocenters. The summed E-state index contributed by atoms with van der Waals surface area (Å²) in [5.41, 5.74) is 23.5. The summed E-state index contributed by atoms with van der Waals surface area (Å²) < 4.78 is 11.1. The van der Waals surface area contributed by atoms with Gasteiger partial charge in [-0.1, -0.05) is 112 Å². The van der Waals surface area contributed by atoms with Gasteiger partial charge in [0.2, 0.25) is 5.82 Å². The number of hydrogen-bond acceptors (Lipinski definition) is 10. The molecule has 0 fully saturated rings. The maximum Gasteiger partial charge on any atom is 0.373 e. The molecule has 0 saturated heterocycles. The number of carboxylic acids is 1. The molecule has 6 aromatic carbocycles. The Labute approximate surface area is 395 Å². The van der Waals surface area contributed by atoms with Crippen molar-refractivity contribution in [2.24, 2.45) is 0 Å². The highest BCUT2D eigenvalue weighted by molar-refractivity contribution is 5.97. The van der Waals surface area contributed by atoms with Crippen LogP contribution < -0.4 is 20.9 Å². The number of nitrogens with two attached hydrogens (primary N) is 2. The van der Waals surface area contributed by atoms with Crippen LogP contribution >= 0.6 is 0 Å². The van der Waals surface area contributed by atoms with Gasteiger partial charge in [0.25, 0.3) is 0 Å². The van der Waals surface area contributed by atoms with E-state index in [1.807, 2.05) is 86.6 Å². The predicted octanol–water partition coefficient (Wildman–Crippen LogP) is 11.6. The Bertz CT molecular complexity index is 3330. The number of carbonyl (C=O) groups is 1. The lowest BCUT2D eigenvalue weighted by molar-refractivity contribution is 0.0684. The molecule has 3 aromatic heterocycles. The summed E-state index contributed by atoms with van der Waals surface area (Å²) in [5.74, 6) is 6.87. The molecule has 0 aliphatic heterocycles. The number of nitrogens with zero attached hydrogens (tertiary/aromatic N) is 5. The summed E-state index contributed by atoms with van der Waals surface area (Å²) in [5, 5.41) is 10.9. The summed E-state index contributed by atoms with van der Waals surface area (Å²) >= 11 is 0. The molecule has 0 aliphatic rings. The monoisotopic (exact) mass is 900 g/mol. The minimum absolute atomic E-state index is 0.151. The molecule has 68 heavy (non-hydrogen) atoms. The van der Waals surface area contributed by atoms with Gasteiger partial charge in [-0.25, -0.2) is 29.7 Å². The van der Waals surface area contributed by atoms with Gasteiger partial charge >= 0.3 is 5.97 Å². The van der Waals surface area contributed by atoms with Gasteiger partial charge in [-0.05, 0) is 96.5 Å². The maximum absolute atomic E-state index is 11.4. The van der Waals surface area contributed by atoms with Crippen LogP contribution in [-0.2, 0) is 0 Å². The van der Waals surface area contributed by atoms with E-state index in [1.165, 1.54) is 11.1 Å². The highest BCUT2D eigenvalue weighted by atomic mass is 16.5. The Balaban J connectivity index is 0.000000174. The van der Waals surface area contributed by atoms with Crippen molar-refractivity contribution in [1.82, 2.24) is 29.9 Å². The standard InChI is InChI=1S/C28H24N4O.C21H18N2O3.C7H10N2/c1-5-15-33-21-13-14-23-22(16-21)26(20-11-9-19(10-12-20)17(2)3)32-27(29-23)28-30-24-8-6-7-18(4)25(24)31-28;1-4-11-26-16-9-10-18-17(12-16)19(23-20(22-18)21(24)25)15-7-5-14(6-8-15)13(2)3;1-5-3-2-4-6(8)7(5)9/h1,6-14,16-17H,15H2,2-4H3,(H,30,31);1,5-10,12-13H,11H2,2-3H3,(H,24,25);2-4H,8-9H2,1H3. The second-order valence-electron chi connectivity index (χ2n) is 16.6. The van der Waals surface area contributed by atoms with Crippen LogP contribution in [0.25, 0.3) is 67.0 Å². The van der Waals surface area contributed by atoms with Crippen LogP contribution in [0.1, 0.15) is 72.4 Å². The zero-order valence-corrected chi connectivity index (χ0v) is 38.8. The molecule has 9 rings (SSSR count). The summed E-state index contributed by atoms with van der Waals surface area (Å²) in [6.45, 7) is 13.0. The van der Waals surface area contributed by atoms with Crippen molar-refractivity contribution in [3.8, 4) is 70.4 Å². The van der Waals surface area contributed by atoms with E-state index in [-0.39, 0.29) is 19.0 Å². The quantitative estimate of drug-likeness (QED) is 0.0755. The predicted molar refractivity (Wildman–Crippen MR) is 274 cm³/mol. The minimum Gasteiger partial charge on any atom is -0.481 e. The second-order valence-corrected chi connectivity index (χ2v) is 16.6. The van der Waals surface area contributed by atoms with Crippen molar-refractivity contribution in [1.29, 1.82) is 0 Å². The number of fused-ring (bicyclic) bond motifs is 3. The van der Waals surface area contributed by atoms with Gasteiger partial charge in [-0.2, -0.15) is 0 Å². The summed E-state index contributed by atoms with van der Waals surface area (Å²) in [4.78, 5) is 37.7. The highest BCUT2D eigenvalue weighted by Crippen LogP contribution is 2.34. The molecule has 0 spiro atoms. The third-order valence-electron chi connectivity index (χ3n) is 11.2. The van der Waals surface area contributed by atoms with E-state index in [4.69, 9.17) is 48.7 Å². The topological polar surface area (TPSA) is 188 Å². The molecule has 0 amide bonds. The van der Waals surface area contributed by atoms with E-state index in [0.717, 1.165) is 49.9 Å². The Hall–Kier alpha value is -8.74. The number of benzene rings is 6. The largest absolute Gasteiger partial charge is 0.481 e. The average molecular weight is 901 g/mol. The van der Waals surface area contributed by atoms with Gasteiger partial charge in [0, 0.05) is 21.9 Å². The van der Waals surface area contributed by atoms with Crippen molar-refractivity contribution >= 4 is 50.2 Å². The number of H-pyrrole nitrogens is 1. The fourth-order valence-electron chi connectivity index (χ4n) is 7.32. The van der Waals surface area contributed by atoms with Gasteiger partial charge in [0.05, 0.1) is 44.8 Å². The van der Waals surface area contributed by atoms with Crippen LogP contribution in [-0.4, -0.2) is 54.2 Å². The first-order valence-corrected chi connectivity index (χ1v) is 22.0. The Morgan fingerprint density at radius 1 is 0.647 bits per heavy atom. The van der Waals surface area contributed by atoms with E-state index in [2.05, 4.69) is 78.8 Å². The number of ether oxygens (including phenoxy) is 2. The third-order valence-corrected chi connectivity index (χ3v) is 11.2. The number of aromatic carboxylic acids is 1. The van der Waals surface area contributed by atoms with Crippen LogP contribution in [0, 0.1) is 38.5 Å². The number of aryl methyl sites for hydroxylation is 2. The molecule has 6 N–H and O–H groups in total. The van der Waals surface area contributed by atoms with Gasteiger partial charge in [0.1, 0.15) is 24.7 Å². The minimum atomic E-state index is -1.17. The maximum atomic E-state index is 11.4. The number of terminal acetylenes is 2. The molecule has 9 aromatic rings. The van der Waals surface area contributed by atoms with Gasteiger partial charge in [-0.3, -0.25) is 0 Å². The lowest BCUT2D eigenvalue weighted by atomic mass is 9.99. The lowest BCUT2D eigenvalue weighted by Crippen LogP contribution is -2.06. The van der Waals surface area contributed by atoms with E-state index >= 15 is 0 Å². The molecule has 0 radical (unpaired) electrons. The van der Waals surface area contributed by atoms with Crippen molar-refractivity contribution in [3.63, 3.8) is 0 Å². The number of rotatable bonds is 10. The number of imidazole rings is 1. The molecule has 340 valence electrons. The number of carboxylic acid groups (broad SMARTS) is 1. The van der Waals surface area contributed by atoms with Crippen LogP contribution in [0.5, 0.6) is 11.5 Å². The van der Waals surface area contributed by atoms with Crippen molar-refractivity contribution in [2.75, 3.05) is 24.7 Å². The molecular formula is C56H52N8O4. The Morgan fingerprint density at radius 2 is 1.16 bits per heavy atom. The fraction of sp³-hybridized carbons (Fsp3) is 0.179. The van der Waals surface area contributed by atoms with Crippen molar-refractivity contribution < 1.29 is 19.4 Å². The zero-order chi connectivity index (χ0) is 48.5. The van der Waals surface area contributed by atoms with Gasteiger partial charge < -0.3 is 31.0 Å². The van der Waals surface area contributed by atoms with Gasteiger partial charge in [-0.15, -0.1) is 12.8 Å². The van der Waals surface area contributed by atoms with Crippen molar-refractivity contribution in [3.05, 3.63) is 149 Å². The number of aromatic amines is 1. The Morgan fingerprint density at radius 3 is 1.65 bits per heavy atom. The smallest absolute Gasteiger partial charge is 0.373 e. The number of nitrogen functional groups attached to an aromatic ring is 2. The van der Waals surface area contributed by atoms with Crippen molar-refractivity contribution in [2.45, 2.75) is 53.4 Å². The number of anilines is 2. The van der Waals surface area contributed by atoms with E-state index in [1.54, 1.807) is 24.3 Å². The highest BCUT2D eigenvalue weighted by Gasteiger charge is 2.18. The second kappa shape index (κ2) is 21.0. The summed E-state index contributed by atoms with van der Waals surface area (Å²) in [7, 11) is 0. The van der Waals surface area contributed by atoms with Gasteiger partial charge in [0.15, 0.2) is 11.6 Å². The van der Waals surface area contributed by atoms with E-state index in [9.17, 15) is 9.90 Å². The normalized spacial score (nSPS) is 10.8. The van der Waals surface area contributed by atoms with E-state index in [0.29, 0.717) is 63.0 Å². The number of hydrogen-bond donors (Lipinski definition) is 4. The lowest BCUT2D eigenvalue weighted by Gasteiger charge is -2.11. The van der Waals surface area contributed by atoms with E-state index < -0.39 is 5.97 Å². The number of nitrogens with one attached hydrogen (secondary N) is 1. The molecule has 0 saturated carbocycles. The fourth-order valence-corrected chi connectivity index (χ4v) is 7.32. The molecule has 12 heteroatoms. The first-order chi connectivity index (χ1) is 32.7. The SMILES string of the molecule is C#CCOc1ccc2nc(-c3nc4c(C)cccc4[nH]3)nc(-c3ccc(C(C)C)cc3)c2c1.C#CCOc1ccc2nc(C(=O)O)nc(-c3ccc(C(C)C)cc3)c2c1.Cc1cccc(N)c1N. The summed E-state index contributed by atoms with van der Waals surface area (Å²) in [6.07, 6.45) is 10.6. The summed E-state index contributed by atoms with van der Waals surface area (Å²) in [6, 6.07) is 39.1. The molecule has 0 aliphatic carbocycles. The first-order valence-electron chi connectivity index (χ1n) is 22.0.